The van der Waals surface area contributed by atoms with Crippen molar-refractivity contribution in [1.29, 1.82) is 0 Å². The minimum atomic E-state index is -1.09. The van der Waals surface area contributed by atoms with Crippen LogP contribution in [0.2, 0.25) is 0 Å². The molecule has 0 amide bonds. The van der Waals surface area contributed by atoms with E-state index in [4.69, 9.17) is 4.42 Å². The highest BCUT2D eigenvalue weighted by Gasteiger charge is 2.19. The highest BCUT2D eigenvalue weighted by atomic mass is 16.4. The summed E-state index contributed by atoms with van der Waals surface area (Å²) in [5.74, 6) is -1.09. The summed E-state index contributed by atoms with van der Waals surface area (Å²) in [6.45, 7) is 3.50. The average Bonchev–Trinajstić information content (AvgIpc) is 2.41. The molecule has 0 radical (unpaired) electrons. The second kappa shape index (κ2) is 4.20. The molecule has 0 bridgehead atoms. The zero-order chi connectivity index (χ0) is 14.4. The van der Waals surface area contributed by atoms with Gasteiger partial charge in [0.2, 0.25) is 5.43 Å². The lowest BCUT2D eigenvalue weighted by molar-refractivity contribution is 0.0697. The first kappa shape index (κ1) is 12.4. The summed E-state index contributed by atoms with van der Waals surface area (Å²) in [4.78, 5) is 23.9. The maximum atomic E-state index is 12.5. The number of rotatable bonds is 1. The Morgan fingerprint density at radius 3 is 2.55 bits per heavy atom. The van der Waals surface area contributed by atoms with Gasteiger partial charge in [-0.3, -0.25) is 4.79 Å². The van der Waals surface area contributed by atoms with Crippen molar-refractivity contribution in [3.63, 3.8) is 0 Å². The molecule has 2 aromatic carbocycles. The van der Waals surface area contributed by atoms with Crippen LogP contribution >= 0.6 is 0 Å². The second-order valence-electron chi connectivity index (χ2n) is 4.80. The van der Waals surface area contributed by atoms with E-state index in [0.29, 0.717) is 21.9 Å². The third-order valence-electron chi connectivity index (χ3n) is 3.60. The predicted octanol–water partition coefficient (Wildman–Crippen LogP) is 3.26. The molecule has 0 aliphatic rings. The molecule has 0 atom stereocenters. The van der Waals surface area contributed by atoms with Gasteiger partial charge >= 0.3 is 5.97 Å². The molecule has 0 saturated heterocycles. The molecule has 0 fully saturated rings. The SMILES string of the molecule is Cc1cc2c(=O)c3ccccc3oc2c(C(=O)O)c1C. The number of fused-ring (bicyclic) bond motifs is 2. The number of aryl methyl sites for hydroxylation is 1. The summed E-state index contributed by atoms with van der Waals surface area (Å²) in [6, 6.07) is 8.53. The van der Waals surface area contributed by atoms with Gasteiger partial charge in [-0.15, -0.1) is 0 Å². The van der Waals surface area contributed by atoms with E-state index in [1.807, 2.05) is 0 Å². The topological polar surface area (TPSA) is 67.5 Å². The second-order valence-corrected chi connectivity index (χ2v) is 4.80. The van der Waals surface area contributed by atoms with Crippen LogP contribution in [0.4, 0.5) is 0 Å². The van der Waals surface area contributed by atoms with Crippen molar-refractivity contribution in [2.24, 2.45) is 0 Å². The molecule has 20 heavy (non-hydrogen) atoms. The van der Waals surface area contributed by atoms with Crippen LogP contribution in [0.15, 0.2) is 39.5 Å². The van der Waals surface area contributed by atoms with E-state index in [1.165, 1.54) is 0 Å². The van der Waals surface area contributed by atoms with Gasteiger partial charge in [-0.25, -0.2) is 4.79 Å². The van der Waals surface area contributed by atoms with Crippen LogP contribution in [0.5, 0.6) is 0 Å². The summed E-state index contributed by atoms with van der Waals surface area (Å²) >= 11 is 0. The minimum absolute atomic E-state index is 0.0582. The van der Waals surface area contributed by atoms with Crippen LogP contribution in [0.1, 0.15) is 21.5 Å². The van der Waals surface area contributed by atoms with E-state index < -0.39 is 5.97 Å². The Bertz CT molecular complexity index is 919. The number of para-hydroxylation sites is 1. The number of carbonyl (C=O) groups is 1. The molecule has 4 nitrogen and oxygen atoms in total. The van der Waals surface area contributed by atoms with Crippen LogP contribution in [0.25, 0.3) is 21.9 Å². The first-order valence-electron chi connectivity index (χ1n) is 6.19. The maximum Gasteiger partial charge on any atom is 0.339 e. The summed E-state index contributed by atoms with van der Waals surface area (Å²) in [6.07, 6.45) is 0. The molecule has 0 aliphatic carbocycles. The fourth-order valence-corrected chi connectivity index (χ4v) is 2.42. The summed E-state index contributed by atoms with van der Waals surface area (Å²) < 4.78 is 5.67. The van der Waals surface area contributed by atoms with Crippen LogP contribution in [-0.4, -0.2) is 11.1 Å². The maximum absolute atomic E-state index is 12.5. The standard InChI is InChI=1S/C16H12O4/c1-8-7-11-14(17)10-5-3-4-6-12(10)20-15(11)13(9(8)2)16(18)19/h3-7H,1-2H3,(H,18,19). The van der Waals surface area contributed by atoms with Crippen molar-refractivity contribution in [2.45, 2.75) is 13.8 Å². The molecular weight excluding hydrogens is 256 g/mol. The normalized spacial score (nSPS) is 11.1. The molecule has 0 aliphatic heterocycles. The van der Waals surface area contributed by atoms with Gasteiger partial charge in [-0.2, -0.15) is 0 Å². The third kappa shape index (κ3) is 1.61. The van der Waals surface area contributed by atoms with Crippen molar-refractivity contribution in [2.75, 3.05) is 0 Å². The molecule has 100 valence electrons. The van der Waals surface area contributed by atoms with E-state index in [2.05, 4.69) is 0 Å². The molecule has 1 aromatic heterocycles. The van der Waals surface area contributed by atoms with Crippen LogP contribution in [0, 0.1) is 13.8 Å². The van der Waals surface area contributed by atoms with E-state index >= 15 is 0 Å². The summed E-state index contributed by atoms with van der Waals surface area (Å²) in [5, 5.41) is 10.2. The molecule has 1 N–H and O–H groups in total. The quantitative estimate of drug-likeness (QED) is 0.688. The van der Waals surface area contributed by atoms with Crippen molar-refractivity contribution in [1.82, 2.24) is 0 Å². The first-order valence-corrected chi connectivity index (χ1v) is 6.19. The molecule has 4 heteroatoms. The molecule has 3 aromatic rings. The molecule has 0 spiro atoms. The Kier molecular flexibility index (Phi) is 2.61. The summed E-state index contributed by atoms with van der Waals surface area (Å²) in [7, 11) is 0. The van der Waals surface area contributed by atoms with Crippen LogP contribution in [-0.2, 0) is 0 Å². The van der Waals surface area contributed by atoms with Gasteiger partial charge in [0.1, 0.15) is 11.1 Å². The molecular formula is C16H12O4. The molecule has 0 unspecified atom stereocenters. The van der Waals surface area contributed by atoms with E-state index in [9.17, 15) is 14.7 Å². The van der Waals surface area contributed by atoms with Gasteiger partial charge < -0.3 is 9.52 Å². The highest BCUT2D eigenvalue weighted by Crippen LogP contribution is 2.26. The zero-order valence-corrected chi connectivity index (χ0v) is 11.1. The highest BCUT2D eigenvalue weighted by molar-refractivity contribution is 6.04. The Morgan fingerprint density at radius 2 is 1.85 bits per heavy atom. The monoisotopic (exact) mass is 268 g/mol. The fourth-order valence-electron chi connectivity index (χ4n) is 2.42. The fraction of sp³-hybridized carbons (Fsp3) is 0.125. The van der Waals surface area contributed by atoms with E-state index in [0.717, 1.165) is 5.56 Å². The van der Waals surface area contributed by atoms with Gasteiger partial charge in [-0.05, 0) is 43.2 Å². The first-order chi connectivity index (χ1) is 9.50. The number of benzene rings is 2. The number of hydrogen-bond acceptors (Lipinski definition) is 3. The molecule has 0 saturated carbocycles. The largest absolute Gasteiger partial charge is 0.478 e. The lowest BCUT2D eigenvalue weighted by Gasteiger charge is -2.09. The van der Waals surface area contributed by atoms with Crippen LogP contribution < -0.4 is 5.43 Å². The lowest BCUT2D eigenvalue weighted by atomic mass is 9.99. The Hall–Kier alpha value is -2.62. The number of carboxylic acid groups (broad SMARTS) is 1. The van der Waals surface area contributed by atoms with Crippen molar-refractivity contribution >= 4 is 27.9 Å². The van der Waals surface area contributed by atoms with Gasteiger partial charge in [-0.1, -0.05) is 12.1 Å². The van der Waals surface area contributed by atoms with Gasteiger partial charge in [0.15, 0.2) is 5.58 Å². The van der Waals surface area contributed by atoms with Gasteiger partial charge in [0, 0.05) is 0 Å². The smallest absolute Gasteiger partial charge is 0.339 e. The van der Waals surface area contributed by atoms with Crippen molar-refractivity contribution < 1.29 is 14.3 Å². The Balaban J connectivity index is 2.65. The number of carboxylic acids is 1. The number of hydrogen-bond donors (Lipinski definition) is 1. The Labute approximate surface area is 114 Å². The van der Waals surface area contributed by atoms with Crippen molar-refractivity contribution in [3.8, 4) is 0 Å². The molecule has 1 heterocycles. The summed E-state index contributed by atoms with van der Waals surface area (Å²) in [5.41, 5.74) is 1.77. The average molecular weight is 268 g/mol. The molecule has 3 rings (SSSR count). The third-order valence-corrected chi connectivity index (χ3v) is 3.60. The Morgan fingerprint density at radius 1 is 1.15 bits per heavy atom. The van der Waals surface area contributed by atoms with Gasteiger partial charge in [0.05, 0.1) is 10.8 Å². The predicted molar refractivity (Wildman–Crippen MR) is 76.4 cm³/mol. The van der Waals surface area contributed by atoms with Crippen LogP contribution in [0.3, 0.4) is 0 Å². The lowest BCUT2D eigenvalue weighted by Crippen LogP contribution is -2.09. The number of aromatic carboxylic acids is 1. The van der Waals surface area contributed by atoms with E-state index in [-0.39, 0.29) is 16.6 Å². The van der Waals surface area contributed by atoms with E-state index in [1.54, 1.807) is 44.2 Å². The van der Waals surface area contributed by atoms with Crippen molar-refractivity contribution in [3.05, 3.63) is 57.2 Å². The minimum Gasteiger partial charge on any atom is -0.478 e. The van der Waals surface area contributed by atoms with Gasteiger partial charge in [0.25, 0.3) is 0 Å². The zero-order valence-electron chi connectivity index (χ0n) is 11.1.